The molecule has 2 amide bonds. The number of aryl methyl sites for hydroxylation is 1. The van der Waals surface area contributed by atoms with Crippen molar-refractivity contribution in [1.82, 2.24) is 15.5 Å². The molecule has 22 heavy (non-hydrogen) atoms. The van der Waals surface area contributed by atoms with Gasteiger partial charge < -0.3 is 5.32 Å². The fourth-order valence-electron chi connectivity index (χ4n) is 1.62. The molecule has 0 aliphatic heterocycles. The van der Waals surface area contributed by atoms with E-state index in [2.05, 4.69) is 27.8 Å². The van der Waals surface area contributed by atoms with Crippen LogP contribution in [0.2, 0.25) is 0 Å². The number of aromatic nitrogens is 2. The smallest absolute Gasteiger partial charge is 0.248 e. The van der Waals surface area contributed by atoms with Crippen LogP contribution < -0.4 is 10.6 Å². The van der Waals surface area contributed by atoms with Crippen LogP contribution in [0, 0.1) is 5.41 Å². The van der Waals surface area contributed by atoms with Gasteiger partial charge in [-0.05, 0) is 13.3 Å². The summed E-state index contributed by atoms with van der Waals surface area (Å²) >= 11 is 1.39. The Morgan fingerprint density at radius 2 is 1.91 bits per heavy atom. The largest absolute Gasteiger partial charge is 0.344 e. The van der Waals surface area contributed by atoms with Gasteiger partial charge in [0.1, 0.15) is 11.0 Å². The van der Waals surface area contributed by atoms with Crippen LogP contribution in [0.15, 0.2) is 0 Å². The molecule has 1 aromatic rings. The van der Waals surface area contributed by atoms with Gasteiger partial charge in [0.05, 0.1) is 0 Å². The van der Waals surface area contributed by atoms with Crippen molar-refractivity contribution in [2.45, 2.75) is 66.3 Å². The van der Waals surface area contributed by atoms with E-state index in [4.69, 9.17) is 0 Å². The number of anilines is 1. The first-order valence-electron chi connectivity index (χ1n) is 7.68. The first-order chi connectivity index (χ1) is 10.2. The van der Waals surface area contributed by atoms with Gasteiger partial charge in [-0.3, -0.25) is 14.9 Å². The Balaban J connectivity index is 2.49. The molecule has 6 nitrogen and oxygen atoms in total. The molecule has 0 aliphatic carbocycles. The molecule has 2 N–H and O–H groups in total. The molecule has 1 aromatic heterocycles. The molecule has 0 saturated heterocycles. The van der Waals surface area contributed by atoms with Crippen molar-refractivity contribution < 1.29 is 9.59 Å². The molecule has 0 bridgehead atoms. The molecule has 1 heterocycles. The number of rotatable bonds is 7. The minimum atomic E-state index is -0.612. The monoisotopic (exact) mass is 326 g/mol. The zero-order valence-corrected chi connectivity index (χ0v) is 14.8. The number of carbonyl (C=O) groups excluding carboxylic acids is 2. The number of amides is 2. The van der Waals surface area contributed by atoms with Crippen LogP contribution >= 0.6 is 11.3 Å². The standard InChI is InChI=1S/C15H26N4O2S/c1-6-7-8-9-11-18-19-14(22-11)17-12(20)10(2)16-13(21)15(3,4)5/h10H,6-9H2,1-5H3,(H,16,21)(H,17,19,20). The second-order valence-electron chi connectivity index (χ2n) is 6.39. The average molecular weight is 326 g/mol. The maximum atomic E-state index is 12.1. The topological polar surface area (TPSA) is 84.0 Å². The lowest BCUT2D eigenvalue weighted by molar-refractivity contribution is -0.131. The van der Waals surface area contributed by atoms with Crippen LogP contribution in [0.3, 0.4) is 0 Å². The summed E-state index contributed by atoms with van der Waals surface area (Å²) in [5.41, 5.74) is -0.524. The lowest BCUT2D eigenvalue weighted by atomic mass is 9.95. The normalized spacial score (nSPS) is 12.8. The van der Waals surface area contributed by atoms with Crippen molar-refractivity contribution in [2.24, 2.45) is 5.41 Å². The van der Waals surface area contributed by atoms with Crippen molar-refractivity contribution in [3.8, 4) is 0 Å². The molecular formula is C15H26N4O2S. The van der Waals surface area contributed by atoms with Crippen LogP contribution in [0.1, 0.15) is 58.9 Å². The molecule has 0 aromatic carbocycles. The summed E-state index contributed by atoms with van der Waals surface area (Å²) in [6.45, 7) is 9.22. The summed E-state index contributed by atoms with van der Waals surface area (Å²) in [7, 11) is 0. The van der Waals surface area contributed by atoms with Gasteiger partial charge >= 0.3 is 0 Å². The third-order valence-electron chi connectivity index (χ3n) is 3.11. The van der Waals surface area contributed by atoms with Crippen LogP contribution in [-0.4, -0.2) is 28.1 Å². The fourth-order valence-corrected chi connectivity index (χ4v) is 2.41. The third kappa shape index (κ3) is 6.09. The highest BCUT2D eigenvalue weighted by molar-refractivity contribution is 7.15. The molecule has 1 atom stereocenters. The maximum absolute atomic E-state index is 12.1. The van der Waals surface area contributed by atoms with E-state index in [0.29, 0.717) is 5.13 Å². The Hall–Kier alpha value is -1.50. The van der Waals surface area contributed by atoms with Gasteiger partial charge in [0, 0.05) is 11.8 Å². The van der Waals surface area contributed by atoms with Gasteiger partial charge in [0.25, 0.3) is 0 Å². The van der Waals surface area contributed by atoms with Crippen LogP contribution in [-0.2, 0) is 16.0 Å². The Morgan fingerprint density at radius 1 is 1.23 bits per heavy atom. The molecular weight excluding hydrogens is 300 g/mol. The summed E-state index contributed by atoms with van der Waals surface area (Å²) < 4.78 is 0. The van der Waals surface area contributed by atoms with E-state index < -0.39 is 11.5 Å². The Labute approximate surface area is 136 Å². The molecule has 1 unspecified atom stereocenters. The van der Waals surface area contributed by atoms with Crippen molar-refractivity contribution in [3.63, 3.8) is 0 Å². The average Bonchev–Trinajstić information content (AvgIpc) is 2.85. The number of nitrogens with one attached hydrogen (secondary N) is 2. The van der Waals surface area contributed by atoms with E-state index in [-0.39, 0.29) is 11.8 Å². The van der Waals surface area contributed by atoms with Gasteiger partial charge in [-0.1, -0.05) is 51.9 Å². The van der Waals surface area contributed by atoms with Crippen molar-refractivity contribution in [1.29, 1.82) is 0 Å². The summed E-state index contributed by atoms with van der Waals surface area (Å²) in [6, 6.07) is -0.612. The van der Waals surface area contributed by atoms with Gasteiger partial charge in [0.2, 0.25) is 16.9 Å². The van der Waals surface area contributed by atoms with Crippen LogP contribution in [0.25, 0.3) is 0 Å². The predicted molar refractivity (Wildman–Crippen MR) is 88.8 cm³/mol. The van der Waals surface area contributed by atoms with Gasteiger partial charge in [-0.15, -0.1) is 10.2 Å². The van der Waals surface area contributed by atoms with E-state index in [1.54, 1.807) is 27.7 Å². The van der Waals surface area contributed by atoms with Crippen LogP contribution in [0.4, 0.5) is 5.13 Å². The number of hydrogen-bond donors (Lipinski definition) is 2. The molecule has 124 valence electrons. The maximum Gasteiger partial charge on any atom is 0.248 e. The number of nitrogens with zero attached hydrogens (tertiary/aromatic N) is 2. The lowest BCUT2D eigenvalue weighted by Crippen LogP contribution is -2.46. The molecule has 0 saturated carbocycles. The zero-order chi connectivity index (χ0) is 16.8. The van der Waals surface area contributed by atoms with Gasteiger partial charge in [0.15, 0.2) is 0 Å². The van der Waals surface area contributed by atoms with Gasteiger partial charge in [-0.25, -0.2) is 0 Å². The summed E-state index contributed by atoms with van der Waals surface area (Å²) in [4.78, 5) is 23.9. The lowest BCUT2D eigenvalue weighted by Gasteiger charge is -2.21. The predicted octanol–water partition coefficient (Wildman–Crippen LogP) is 2.76. The first-order valence-corrected chi connectivity index (χ1v) is 8.50. The minimum Gasteiger partial charge on any atom is -0.344 e. The van der Waals surface area contributed by atoms with Crippen molar-refractivity contribution in [2.75, 3.05) is 5.32 Å². The summed E-state index contributed by atoms with van der Waals surface area (Å²) in [5, 5.41) is 14.8. The molecule has 0 aliphatic rings. The SMILES string of the molecule is CCCCCc1nnc(NC(=O)C(C)NC(=O)C(C)(C)C)s1. The quantitative estimate of drug-likeness (QED) is 0.755. The summed E-state index contributed by atoms with van der Waals surface area (Å²) in [5.74, 6) is -0.443. The Kier molecular flexibility index (Phi) is 6.93. The molecule has 1 rings (SSSR count). The molecule has 7 heteroatoms. The van der Waals surface area contributed by atoms with Crippen molar-refractivity contribution >= 4 is 28.3 Å². The van der Waals surface area contributed by atoms with Gasteiger partial charge in [-0.2, -0.15) is 0 Å². The second kappa shape index (κ2) is 8.22. The third-order valence-corrected chi connectivity index (χ3v) is 4.01. The fraction of sp³-hybridized carbons (Fsp3) is 0.733. The number of hydrogen-bond acceptors (Lipinski definition) is 5. The Bertz CT molecular complexity index is 508. The highest BCUT2D eigenvalue weighted by atomic mass is 32.1. The number of carbonyl (C=O) groups is 2. The first kappa shape index (κ1) is 18.5. The van der Waals surface area contributed by atoms with Crippen molar-refractivity contribution in [3.05, 3.63) is 5.01 Å². The number of unbranched alkanes of at least 4 members (excludes halogenated alkanes) is 2. The molecule has 0 radical (unpaired) electrons. The Morgan fingerprint density at radius 3 is 2.50 bits per heavy atom. The van der Waals surface area contributed by atoms with E-state index in [1.807, 2.05) is 0 Å². The van der Waals surface area contributed by atoms with E-state index in [0.717, 1.165) is 30.7 Å². The second-order valence-corrected chi connectivity index (χ2v) is 7.45. The zero-order valence-electron chi connectivity index (χ0n) is 14.0. The van der Waals surface area contributed by atoms with E-state index >= 15 is 0 Å². The summed E-state index contributed by atoms with van der Waals surface area (Å²) in [6.07, 6.45) is 4.29. The molecule has 0 spiro atoms. The van der Waals surface area contributed by atoms with Crippen LogP contribution in [0.5, 0.6) is 0 Å². The highest BCUT2D eigenvalue weighted by Gasteiger charge is 2.25. The van der Waals surface area contributed by atoms with E-state index in [1.165, 1.54) is 11.3 Å². The highest BCUT2D eigenvalue weighted by Crippen LogP contribution is 2.18. The molecule has 0 fully saturated rings. The van der Waals surface area contributed by atoms with E-state index in [9.17, 15) is 9.59 Å². The minimum absolute atomic E-state index is 0.160.